The molecule has 0 fully saturated rings. The molecule has 4 heterocycles. The largest absolute Gasteiger partial charge is 0.486 e. The Morgan fingerprint density at radius 3 is 2.20 bits per heavy atom. The first-order valence-electron chi connectivity index (χ1n) is 16.3. The van der Waals surface area contributed by atoms with E-state index in [0.717, 1.165) is 72.5 Å². The zero-order valence-electron chi connectivity index (χ0n) is 28.8. The molecule has 0 aliphatic carbocycles. The third-order valence-corrected chi connectivity index (χ3v) is 10.9. The number of pyridine rings is 2. The summed E-state index contributed by atoms with van der Waals surface area (Å²) in [5, 5.41) is 3.51. The Balaban J connectivity index is 0.000000198. The van der Waals surface area contributed by atoms with E-state index in [1.165, 1.54) is 10.8 Å². The molecule has 4 aromatic carbocycles. The van der Waals surface area contributed by atoms with E-state index >= 15 is 0 Å². The average molecular weight is 835 g/mol. The standard InChI is InChI=1S/C27H20N3O.C15H18NSi.Ir/c1-16-13-14-20(25-24(16)21-15-17(2)18(3)28-27(21)31-25)26-29-22-11-7-8-12-23(22)30(26)19-9-5-4-6-10-19;1-12-5-7-13(8-6-12)15-10-9-14(11-16-15)17(2,3)4;/h4-13,15H,1-3H3;5-7,9-11H,1-4H3;/q2*-1;. The first-order chi connectivity index (χ1) is 23.1. The van der Waals surface area contributed by atoms with Crippen molar-refractivity contribution in [3.8, 4) is 28.3 Å². The minimum atomic E-state index is -1.24. The number of aryl methyl sites for hydroxylation is 4. The summed E-state index contributed by atoms with van der Waals surface area (Å²) in [5.41, 5.74) is 11.9. The van der Waals surface area contributed by atoms with Gasteiger partial charge in [-0.15, -0.1) is 53.1 Å². The van der Waals surface area contributed by atoms with Crippen LogP contribution in [-0.4, -0.2) is 27.6 Å². The molecule has 49 heavy (non-hydrogen) atoms. The number of benzene rings is 4. The van der Waals surface area contributed by atoms with Crippen LogP contribution in [-0.2, 0) is 20.1 Å². The summed E-state index contributed by atoms with van der Waals surface area (Å²) in [7, 11) is -1.24. The molecule has 8 rings (SSSR count). The molecule has 0 bridgehead atoms. The second-order valence-corrected chi connectivity index (χ2v) is 18.5. The molecule has 0 atom stereocenters. The molecule has 5 nitrogen and oxygen atoms in total. The fourth-order valence-electron chi connectivity index (χ4n) is 5.95. The number of hydrogen-bond acceptors (Lipinski definition) is 4. The number of para-hydroxylation sites is 3. The SMILES string of the molecule is Cc1c[c-]c(-c2ccc([Si](C)(C)C)cn2)cc1.Cc1cc2c(nc1C)oc1c(-c3nc4ccccc4n3-c3ccccc3)[c-]cc(C)c12.[Ir]. The van der Waals surface area contributed by atoms with Crippen molar-refractivity contribution in [2.75, 3.05) is 0 Å². The van der Waals surface area contributed by atoms with Crippen molar-refractivity contribution in [3.63, 3.8) is 0 Å². The van der Waals surface area contributed by atoms with Crippen LogP contribution < -0.4 is 5.19 Å². The molecule has 0 saturated heterocycles. The van der Waals surface area contributed by atoms with Gasteiger partial charge in [-0.05, 0) is 60.6 Å². The Bertz CT molecular complexity index is 2410. The van der Waals surface area contributed by atoms with E-state index in [1.807, 2.05) is 61.7 Å². The molecule has 0 aliphatic heterocycles. The maximum atomic E-state index is 6.35. The Labute approximate surface area is 302 Å². The molecule has 0 aliphatic rings. The van der Waals surface area contributed by atoms with E-state index in [4.69, 9.17) is 14.4 Å². The average Bonchev–Trinajstić information content (AvgIpc) is 3.65. The summed E-state index contributed by atoms with van der Waals surface area (Å²) in [6.07, 6.45) is 2.02. The molecule has 247 valence electrons. The third-order valence-electron chi connectivity index (χ3n) is 8.85. The number of furan rings is 1. The predicted octanol–water partition coefficient (Wildman–Crippen LogP) is 10.1. The zero-order chi connectivity index (χ0) is 33.6. The van der Waals surface area contributed by atoms with Gasteiger partial charge in [0.15, 0.2) is 0 Å². The van der Waals surface area contributed by atoms with Crippen molar-refractivity contribution >= 4 is 46.4 Å². The third kappa shape index (κ3) is 6.67. The molecule has 7 heteroatoms. The zero-order valence-corrected chi connectivity index (χ0v) is 32.2. The number of fused-ring (bicyclic) bond motifs is 4. The van der Waals surface area contributed by atoms with E-state index in [0.29, 0.717) is 5.71 Å². The van der Waals surface area contributed by atoms with Crippen molar-refractivity contribution in [2.24, 2.45) is 0 Å². The molecule has 1 radical (unpaired) electrons. The summed E-state index contributed by atoms with van der Waals surface area (Å²) in [4.78, 5) is 14.2. The predicted molar refractivity (Wildman–Crippen MR) is 201 cm³/mol. The summed E-state index contributed by atoms with van der Waals surface area (Å²) < 4.78 is 8.52. The number of hydrogen-bond donors (Lipinski definition) is 0. The Morgan fingerprint density at radius 1 is 0.755 bits per heavy atom. The minimum absolute atomic E-state index is 0. The molecular weight excluding hydrogens is 797 g/mol. The Morgan fingerprint density at radius 2 is 1.51 bits per heavy atom. The second-order valence-electron chi connectivity index (χ2n) is 13.5. The van der Waals surface area contributed by atoms with Gasteiger partial charge >= 0.3 is 0 Å². The van der Waals surface area contributed by atoms with E-state index in [2.05, 4.69) is 111 Å². The molecule has 4 aromatic heterocycles. The molecule has 0 unspecified atom stereocenters. The maximum Gasteiger partial charge on any atom is 0.216 e. The first-order valence-corrected chi connectivity index (χ1v) is 19.8. The number of aromatic nitrogens is 4. The molecule has 0 saturated carbocycles. The van der Waals surface area contributed by atoms with Gasteiger partial charge in [0.05, 0.1) is 30.5 Å². The summed E-state index contributed by atoms with van der Waals surface area (Å²) in [6, 6.07) is 39.9. The van der Waals surface area contributed by atoms with Crippen LogP contribution in [0.15, 0.2) is 108 Å². The van der Waals surface area contributed by atoms with Gasteiger partial charge in [-0.25, -0.2) is 4.98 Å². The van der Waals surface area contributed by atoms with Crippen molar-refractivity contribution in [1.82, 2.24) is 19.5 Å². The molecule has 0 N–H and O–H groups in total. The van der Waals surface area contributed by atoms with Crippen molar-refractivity contribution < 1.29 is 24.5 Å². The Hall–Kier alpha value is -4.68. The van der Waals surface area contributed by atoms with E-state index < -0.39 is 8.07 Å². The maximum absolute atomic E-state index is 6.35. The topological polar surface area (TPSA) is 56.7 Å². The van der Waals surface area contributed by atoms with Crippen LogP contribution in [0.5, 0.6) is 0 Å². The second kappa shape index (κ2) is 13.7. The number of nitrogens with zero attached hydrogens (tertiary/aromatic N) is 4. The van der Waals surface area contributed by atoms with Gasteiger partial charge in [0.25, 0.3) is 0 Å². The summed E-state index contributed by atoms with van der Waals surface area (Å²) in [5.74, 6) is 0.810. The number of imidazole rings is 1. The van der Waals surface area contributed by atoms with Gasteiger partial charge in [-0.1, -0.05) is 86.9 Å². The minimum Gasteiger partial charge on any atom is -0.486 e. The van der Waals surface area contributed by atoms with E-state index in [-0.39, 0.29) is 20.1 Å². The van der Waals surface area contributed by atoms with Gasteiger partial charge in [-0.3, -0.25) is 4.98 Å². The molecule has 8 aromatic rings. The smallest absolute Gasteiger partial charge is 0.216 e. The summed E-state index contributed by atoms with van der Waals surface area (Å²) in [6.45, 7) is 15.3. The van der Waals surface area contributed by atoms with Crippen LogP contribution in [0.4, 0.5) is 0 Å². The fraction of sp³-hybridized carbons (Fsp3) is 0.167. The van der Waals surface area contributed by atoms with Crippen LogP contribution >= 0.6 is 0 Å². The number of rotatable bonds is 4. The summed E-state index contributed by atoms with van der Waals surface area (Å²) >= 11 is 0. The van der Waals surface area contributed by atoms with Gasteiger partial charge in [0.1, 0.15) is 0 Å². The monoisotopic (exact) mass is 835 g/mol. The van der Waals surface area contributed by atoms with Crippen LogP contribution in [0.3, 0.4) is 0 Å². The van der Waals surface area contributed by atoms with Gasteiger partial charge in [-0.2, -0.15) is 0 Å². The van der Waals surface area contributed by atoms with Gasteiger partial charge in [0.2, 0.25) is 5.71 Å². The van der Waals surface area contributed by atoms with Crippen molar-refractivity contribution in [3.05, 3.63) is 138 Å². The van der Waals surface area contributed by atoms with Gasteiger partial charge in [0, 0.05) is 43.1 Å². The van der Waals surface area contributed by atoms with Crippen LogP contribution in [0.1, 0.15) is 22.4 Å². The molecular formula is C42H38IrN4OSi-2. The first kappa shape index (κ1) is 34.2. The normalized spacial score (nSPS) is 11.4. The van der Waals surface area contributed by atoms with Crippen molar-refractivity contribution in [1.29, 1.82) is 0 Å². The fourth-order valence-corrected chi connectivity index (χ4v) is 6.99. The van der Waals surface area contributed by atoms with E-state index in [1.54, 1.807) is 0 Å². The Kier molecular flexibility index (Phi) is 9.54. The van der Waals surface area contributed by atoms with Crippen molar-refractivity contribution in [2.45, 2.75) is 47.3 Å². The van der Waals surface area contributed by atoms with Gasteiger partial charge < -0.3 is 14.0 Å². The molecule has 0 spiro atoms. The van der Waals surface area contributed by atoms with Crippen LogP contribution in [0, 0.1) is 39.8 Å². The molecule has 0 amide bonds. The van der Waals surface area contributed by atoms with E-state index in [9.17, 15) is 0 Å². The van der Waals surface area contributed by atoms with Crippen LogP contribution in [0.25, 0.3) is 61.4 Å². The quantitative estimate of drug-likeness (QED) is 0.131. The van der Waals surface area contributed by atoms with Crippen LogP contribution in [0.2, 0.25) is 19.6 Å².